The first-order valence-electron chi connectivity index (χ1n) is 8.23. The van der Waals surface area contributed by atoms with Gasteiger partial charge in [-0.15, -0.1) is 0 Å². The molecule has 2 aromatic heterocycles. The normalized spacial score (nSPS) is 23.0. The second kappa shape index (κ2) is 7.32. The van der Waals surface area contributed by atoms with E-state index < -0.39 is 0 Å². The van der Waals surface area contributed by atoms with Crippen LogP contribution >= 0.6 is 11.6 Å². The van der Waals surface area contributed by atoms with E-state index in [2.05, 4.69) is 32.3 Å². The minimum absolute atomic E-state index is 0.0538. The third-order valence-corrected chi connectivity index (χ3v) is 5.04. The number of piperidine rings is 1. The number of H-pyrrole nitrogens is 1. The van der Waals surface area contributed by atoms with Crippen LogP contribution < -0.4 is 5.32 Å². The smallest absolute Gasteiger partial charge is 0.242 e. The second-order valence-corrected chi connectivity index (χ2v) is 6.70. The minimum Gasteiger partial charge on any atom is -0.309 e. The number of aromatic amines is 1. The number of halogens is 1. The highest BCUT2D eigenvalue weighted by atomic mass is 35.5. The number of anilines is 1. The van der Waals surface area contributed by atoms with Gasteiger partial charge in [-0.3, -0.25) is 14.8 Å². The highest BCUT2D eigenvalue weighted by Gasteiger charge is 2.34. The molecule has 0 spiro atoms. The maximum Gasteiger partial charge on any atom is 0.242 e. The molecule has 3 atom stereocenters. The van der Waals surface area contributed by atoms with Gasteiger partial charge in [0.05, 0.1) is 11.1 Å². The van der Waals surface area contributed by atoms with Gasteiger partial charge in [-0.05, 0) is 51.4 Å². The Morgan fingerprint density at radius 1 is 1.46 bits per heavy atom. The molecule has 0 saturated carbocycles. The highest BCUT2D eigenvalue weighted by Crippen LogP contribution is 2.32. The number of nitrogens with zero attached hydrogens (tertiary/aromatic N) is 3. The molecule has 0 radical (unpaired) electrons. The Morgan fingerprint density at radius 2 is 2.29 bits per heavy atom. The molecule has 1 aliphatic heterocycles. The maximum atomic E-state index is 12.6. The maximum absolute atomic E-state index is 12.6. The van der Waals surface area contributed by atoms with Crippen LogP contribution in [0.5, 0.6) is 0 Å². The van der Waals surface area contributed by atoms with Gasteiger partial charge >= 0.3 is 0 Å². The molecule has 1 fully saturated rings. The Bertz CT molecular complexity index is 673. The van der Waals surface area contributed by atoms with Crippen molar-refractivity contribution < 1.29 is 4.79 Å². The number of rotatable bonds is 4. The predicted molar refractivity (Wildman–Crippen MR) is 94.1 cm³/mol. The van der Waals surface area contributed by atoms with Crippen molar-refractivity contribution in [3.63, 3.8) is 0 Å². The summed E-state index contributed by atoms with van der Waals surface area (Å²) in [6.07, 6.45) is 5.47. The summed E-state index contributed by atoms with van der Waals surface area (Å²) >= 11 is 5.82. The van der Waals surface area contributed by atoms with Crippen LogP contribution in [0.3, 0.4) is 0 Å². The molecule has 0 bridgehead atoms. The zero-order valence-corrected chi connectivity index (χ0v) is 14.6. The Morgan fingerprint density at radius 3 is 2.96 bits per heavy atom. The SMILES string of the molecule is C[C@@H]1[C@@H](c2ccn[nH]2)CCCN1[C@@H](C)C(=O)Nc1ccc(Cl)cn1. The molecule has 0 aliphatic carbocycles. The number of pyridine rings is 1. The zero-order valence-electron chi connectivity index (χ0n) is 13.9. The van der Waals surface area contributed by atoms with Gasteiger partial charge < -0.3 is 5.32 Å². The molecule has 0 aromatic carbocycles. The van der Waals surface area contributed by atoms with E-state index in [1.807, 2.05) is 13.0 Å². The lowest BCUT2D eigenvalue weighted by Crippen LogP contribution is -2.51. The Labute approximate surface area is 146 Å². The predicted octanol–water partition coefficient (Wildman–Crippen LogP) is 3.05. The Balaban J connectivity index is 1.67. The highest BCUT2D eigenvalue weighted by molar-refractivity contribution is 6.30. The summed E-state index contributed by atoms with van der Waals surface area (Å²) in [5, 5.41) is 10.5. The molecular formula is C17H22ClN5O. The standard InChI is InChI=1S/C17H22ClN5O/c1-11-14(15-7-8-20-22-15)4-3-9-23(11)12(2)17(24)21-16-6-5-13(18)10-19-16/h5-8,10-12,14H,3-4,9H2,1-2H3,(H,20,22)(H,19,21,24)/t11-,12+,14+/m1/s1. The van der Waals surface area contributed by atoms with Crippen LogP contribution in [-0.2, 0) is 4.79 Å². The van der Waals surface area contributed by atoms with Crippen molar-refractivity contribution in [1.82, 2.24) is 20.1 Å². The first kappa shape index (κ1) is 16.9. The first-order valence-corrected chi connectivity index (χ1v) is 8.61. The molecule has 7 heteroatoms. The van der Waals surface area contributed by atoms with Gasteiger partial charge in [0.15, 0.2) is 0 Å². The van der Waals surface area contributed by atoms with E-state index in [0.717, 1.165) is 25.1 Å². The fourth-order valence-electron chi connectivity index (χ4n) is 3.44. The molecular weight excluding hydrogens is 326 g/mol. The van der Waals surface area contributed by atoms with Gasteiger partial charge in [-0.2, -0.15) is 5.10 Å². The van der Waals surface area contributed by atoms with Crippen molar-refractivity contribution in [2.45, 2.75) is 44.7 Å². The lowest BCUT2D eigenvalue weighted by atomic mass is 9.86. The molecule has 1 amide bonds. The van der Waals surface area contributed by atoms with Gasteiger partial charge in [0.1, 0.15) is 5.82 Å². The minimum atomic E-state index is -0.233. The molecule has 3 rings (SSSR count). The first-order chi connectivity index (χ1) is 11.6. The van der Waals surface area contributed by atoms with E-state index in [0.29, 0.717) is 16.8 Å². The lowest BCUT2D eigenvalue weighted by molar-refractivity contribution is -0.122. The quantitative estimate of drug-likeness (QED) is 0.891. The summed E-state index contributed by atoms with van der Waals surface area (Å²) in [5.41, 5.74) is 1.14. The van der Waals surface area contributed by atoms with Crippen molar-refractivity contribution in [1.29, 1.82) is 0 Å². The Hall–Kier alpha value is -1.92. The summed E-state index contributed by atoms with van der Waals surface area (Å²) in [6.45, 7) is 5.03. The number of carbonyl (C=O) groups excluding carboxylic acids is 1. The van der Waals surface area contributed by atoms with Crippen molar-refractivity contribution in [3.05, 3.63) is 41.3 Å². The summed E-state index contributed by atoms with van der Waals surface area (Å²) in [6, 6.07) is 5.47. The fourth-order valence-corrected chi connectivity index (χ4v) is 3.55. The van der Waals surface area contributed by atoms with Crippen LogP contribution in [0.15, 0.2) is 30.6 Å². The van der Waals surface area contributed by atoms with Gasteiger partial charge in [-0.25, -0.2) is 4.98 Å². The average molecular weight is 348 g/mol. The number of hydrogen-bond acceptors (Lipinski definition) is 4. The van der Waals surface area contributed by atoms with Crippen molar-refractivity contribution in [3.8, 4) is 0 Å². The number of hydrogen-bond donors (Lipinski definition) is 2. The third kappa shape index (κ3) is 3.60. The Kier molecular flexibility index (Phi) is 5.16. The van der Waals surface area contributed by atoms with E-state index in [1.165, 1.54) is 6.20 Å². The second-order valence-electron chi connectivity index (χ2n) is 6.27. The van der Waals surface area contributed by atoms with E-state index in [1.54, 1.807) is 18.3 Å². The van der Waals surface area contributed by atoms with Crippen LogP contribution in [-0.4, -0.2) is 44.6 Å². The zero-order chi connectivity index (χ0) is 17.1. The molecule has 1 saturated heterocycles. The molecule has 0 unspecified atom stereocenters. The van der Waals surface area contributed by atoms with E-state index in [9.17, 15) is 4.79 Å². The third-order valence-electron chi connectivity index (χ3n) is 4.81. The summed E-state index contributed by atoms with van der Waals surface area (Å²) in [5.74, 6) is 0.832. The van der Waals surface area contributed by atoms with E-state index in [-0.39, 0.29) is 18.0 Å². The monoisotopic (exact) mass is 347 g/mol. The van der Waals surface area contributed by atoms with Crippen molar-refractivity contribution in [2.75, 3.05) is 11.9 Å². The number of amides is 1. The largest absolute Gasteiger partial charge is 0.309 e. The summed E-state index contributed by atoms with van der Waals surface area (Å²) in [7, 11) is 0. The molecule has 1 aliphatic rings. The molecule has 3 heterocycles. The fraction of sp³-hybridized carbons (Fsp3) is 0.471. The van der Waals surface area contributed by atoms with E-state index in [4.69, 9.17) is 11.6 Å². The number of nitrogens with one attached hydrogen (secondary N) is 2. The summed E-state index contributed by atoms with van der Waals surface area (Å²) in [4.78, 5) is 19.0. The van der Waals surface area contributed by atoms with Crippen LogP contribution in [0.1, 0.15) is 38.3 Å². The summed E-state index contributed by atoms with van der Waals surface area (Å²) < 4.78 is 0. The van der Waals surface area contributed by atoms with Gasteiger partial charge in [0, 0.05) is 30.0 Å². The molecule has 6 nitrogen and oxygen atoms in total. The van der Waals surface area contributed by atoms with Crippen LogP contribution in [0.25, 0.3) is 0 Å². The van der Waals surface area contributed by atoms with Crippen LogP contribution in [0.2, 0.25) is 5.02 Å². The molecule has 24 heavy (non-hydrogen) atoms. The van der Waals surface area contributed by atoms with Crippen molar-refractivity contribution in [2.24, 2.45) is 0 Å². The molecule has 128 valence electrons. The number of carbonyl (C=O) groups is 1. The van der Waals surface area contributed by atoms with Crippen LogP contribution in [0.4, 0.5) is 5.82 Å². The number of aromatic nitrogens is 3. The number of likely N-dealkylation sites (tertiary alicyclic amines) is 1. The molecule has 2 N–H and O–H groups in total. The van der Waals surface area contributed by atoms with Crippen molar-refractivity contribution >= 4 is 23.3 Å². The van der Waals surface area contributed by atoms with Gasteiger partial charge in [-0.1, -0.05) is 11.6 Å². The average Bonchev–Trinajstić information content (AvgIpc) is 3.11. The lowest BCUT2D eigenvalue weighted by Gasteiger charge is -2.41. The van der Waals surface area contributed by atoms with E-state index >= 15 is 0 Å². The van der Waals surface area contributed by atoms with Crippen LogP contribution in [0, 0.1) is 0 Å². The molecule has 2 aromatic rings. The topological polar surface area (TPSA) is 73.9 Å². The van der Waals surface area contributed by atoms with Gasteiger partial charge in [0.25, 0.3) is 0 Å². The van der Waals surface area contributed by atoms with Gasteiger partial charge in [0.2, 0.25) is 5.91 Å².